The van der Waals surface area contributed by atoms with Crippen molar-refractivity contribution >= 4 is 17.3 Å². The topological polar surface area (TPSA) is 50.4 Å². The largest absolute Gasteiger partial charge is 0.369 e. The maximum atomic E-state index is 6.09. The number of nitrogens with two attached hydrogens (primary N) is 1. The monoisotopic (exact) mass is 355 g/mol. The van der Waals surface area contributed by atoms with E-state index in [0.29, 0.717) is 11.9 Å². The van der Waals surface area contributed by atoms with E-state index in [1.165, 1.54) is 28.7 Å². The average Bonchev–Trinajstić information content (AvgIpc) is 3.13. The van der Waals surface area contributed by atoms with Crippen LogP contribution in [0.15, 0.2) is 77.8 Å². The van der Waals surface area contributed by atoms with Crippen molar-refractivity contribution in [3.63, 3.8) is 0 Å². The van der Waals surface area contributed by atoms with Gasteiger partial charge in [-0.3, -0.25) is 0 Å². The van der Waals surface area contributed by atoms with Crippen molar-refractivity contribution in [2.75, 3.05) is 5.32 Å². The lowest BCUT2D eigenvalue weighted by Crippen LogP contribution is -2.21. The Morgan fingerprint density at radius 2 is 1.85 bits per heavy atom. The summed E-state index contributed by atoms with van der Waals surface area (Å²) in [5.74, 6) is 0.897. The summed E-state index contributed by atoms with van der Waals surface area (Å²) in [6.45, 7) is 2.14. The molecule has 0 spiro atoms. The van der Waals surface area contributed by atoms with Gasteiger partial charge in [0.2, 0.25) is 0 Å². The summed E-state index contributed by atoms with van der Waals surface area (Å²) in [6.07, 6.45) is 3.34. The summed E-state index contributed by atoms with van der Waals surface area (Å²) in [7, 11) is 0. The molecule has 3 heteroatoms. The summed E-state index contributed by atoms with van der Waals surface area (Å²) in [6, 6.07) is 25.5. The number of fused-ring (bicyclic) bond motifs is 1. The third-order valence-corrected chi connectivity index (χ3v) is 5.29. The molecule has 0 saturated carbocycles. The maximum Gasteiger partial charge on any atom is 0.198 e. The van der Waals surface area contributed by atoms with E-state index in [0.717, 1.165) is 24.2 Å². The molecule has 27 heavy (non-hydrogen) atoms. The molecule has 1 atom stereocenters. The molecule has 0 fully saturated rings. The molecule has 0 heterocycles. The second kappa shape index (κ2) is 7.67. The van der Waals surface area contributed by atoms with Crippen LogP contribution in [0.25, 0.3) is 0 Å². The zero-order valence-electron chi connectivity index (χ0n) is 15.7. The van der Waals surface area contributed by atoms with Gasteiger partial charge in [0.05, 0.1) is 5.69 Å². The van der Waals surface area contributed by atoms with E-state index in [1.54, 1.807) is 0 Å². The highest BCUT2D eigenvalue weighted by molar-refractivity contribution is 5.94. The van der Waals surface area contributed by atoms with Crippen molar-refractivity contribution in [2.45, 2.75) is 32.1 Å². The molecule has 136 valence electrons. The lowest BCUT2D eigenvalue weighted by Gasteiger charge is -2.12. The fourth-order valence-corrected chi connectivity index (χ4v) is 3.87. The van der Waals surface area contributed by atoms with Crippen LogP contribution in [0.2, 0.25) is 0 Å². The number of benzene rings is 3. The Hall–Kier alpha value is -3.07. The quantitative estimate of drug-likeness (QED) is 0.487. The van der Waals surface area contributed by atoms with Gasteiger partial charge in [-0.05, 0) is 65.8 Å². The van der Waals surface area contributed by atoms with Gasteiger partial charge in [0.25, 0.3) is 0 Å². The fourth-order valence-electron chi connectivity index (χ4n) is 3.87. The van der Waals surface area contributed by atoms with Crippen LogP contribution in [0.5, 0.6) is 0 Å². The molecule has 0 aromatic heterocycles. The molecule has 3 aromatic rings. The zero-order valence-corrected chi connectivity index (χ0v) is 15.7. The number of hydrogen-bond donors (Lipinski definition) is 2. The third-order valence-electron chi connectivity index (χ3n) is 5.29. The molecule has 3 nitrogen and oxygen atoms in total. The third kappa shape index (κ3) is 3.87. The Kier molecular flexibility index (Phi) is 4.93. The Labute approximate surface area is 161 Å². The number of anilines is 1. The smallest absolute Gasteiger partial charge is 0.198 e. The second-order valence-corrected chi connectivity index (χ2v) is 7.06. The number of rotatable bonds is 4. The highest BCUT2D eigenvalue weighted by Crippen LogP contribution is 2.38. The van der Waals surface area contributed by atoms with Crippen LogP contribution in [0.3, 0.4) is 0 Å². The predicted octanol–water partition coefficient (Wildman–Crippen LogP) is 5.39. The zero-order chi connectivity index (χ0) is 18.6. The van der Waals surface area contributed by atoms with Gasteiger partial charge < -0.3 is 11.1 Å². The lowest BCUT2D eigenvalue weighted by molar-refractivity contribution is 0.788. The summed E-state index contributed by atoms with van der Waals surface area (Å²) >= 11 is 0. The SMILES string of the molecule is CCc1cccc(NC(N)=Nc2ccc(C3CCc4ccccc43)cc2)c1. The van der Waals surface area contributed by atoms with Crippen LogP contribution in [0.4, 0.5) is 11.4 Å². The molecule has 0 amide bonds. The van der Waals surface area contributed by atoms with Crippen LogP contribution in [-0.4, -0.2) is 5.96 Å². The molecular formula is C24H25N3. The van der Waals surface area contributed by atoms with Crippen LogP contribution in [0, 0.1) is 0 Å². The van der Waals surface area contributed by atoms with Gasteiger partial charge in [-0.1, -0.05) is 55.5 Å². The van der Waals surface area contributed by atoms with E-state index in [-0.39, 0.29) is 0 Å². The number of nitrogens with one attached hydrogen (secondary N) is 1. The van der Waals surface area contributed by atoms with Crippen LogP contribution in [0.1, 0.15) is 41.5 Å². The van der Waals surface area contributed by atoms with Gasteiger partial charge in [-0.25, -0.2) is 4.99 Å². The van der Waals surface area contributed by atoms with E-state index in [1.807, 2.05) is 24.3 Å². The number of hydrogen-bond acceptors (Lipinski definition) is 1. The lowest BCUT2D eigenvalue weighted by atomic mass is 9.93. The Morgan fingerprint density at radius 1 is 1.04 bits per heavy atom. The van der Waals surface area contributed by atoms with Crippen LogP contribution < -0.4 is 11.1 Å². The molecule has 0 aliphatic heterocycles. The first-order valence-electron chi connectivity index (χ1n) is 9.61. The van der Waals surface area contributed by atoms with Gasteiger partial charge in [-0.15, -0.1) is 0 Å². The molecular weight excluding hydrogens is 330 g/mol. The first-order valence-corrected chi connectivity index (χ1v) is 9.61. The van der Waals surface area contributed by atoms with E-state index in [4.69, 9.17) is 5.73 Å². The van der Waals surface area contributed by atoms with Crippen molar-refractivity contribution in [3.8, 4) is 0 Å². The van der Waals surface area contributed by atoms with Crippen molar-refractivity contribution in [3.05, 3.63) is 95.1 Å². The minimum atomic E-state index is 0.405. The van der Waals surface area contributed by atoms with Gasteiger partial charge in [-0.2, -0.15) is 0 Å². The molecule has 3 aromatic carbocycles. The first kappa shape index (κ1) is 17.3. The van der Waals surface area contributed by atoms with Gasteiger partial charge >= 0.3 is 0 Å². The number of aryl methyl sites for hydroxylation is 2. The Bertz CT molecular complexity index is 957. The Morgan fingerprint density at radius 3 is 2.67 bits per heavy atom. The van der Waals surface area contributed by atoms with Gasteiger partial charge in [0.15, 0.2) is 5.96 Å². The standard InChI is InChI=1S/C24H25N3/c1-2-17-6-5-8-21(16-17)27-24(25)26-20-13-10-19(11-14-20)23-15-12-18-7-3-4-9-22(18)23/h3-11,13-14,16,23H,2,12,15H2,1H3,(H3,25,26,27). The number of guanidine groups is 1. The Balaban J connectivity index is 1.48. The van der Waals surface area contributed by atoms with E-state index in [2.05, 4.69) is 65.8 Å². The molecule has 0 radical (unpaired) electrons. The first-order chi connectivity index (χ1) is 13.2. The summed E-state index contributed by atoms with van der Waals surface area (Å²) in [4.78, 5) is 4.51. The maximum absolute atomic E-state index is 6.09. The van der Waals surface area contributed by atoms with Crippen molar-refractivity contribution in [2.24, 2.45) is 10.7 Å². The van der Waals surface area contributed by atoms with Crippen molar-refractivity contribution in [1.82, 2.24) is 0 Å². The minimum absolute atomic E-state index is 0.405. The summed E-state index contributed by atoms with van der Waals surface area (Å²) in [5.41, 5.74) is 13.5. The number of nitrogens with zero attached hydrogens (tertiary/aromatic N) is 1. The highest BCUT2D eigenvalue weighted by atomic mass is 15.1. The second-order valence-electron chi connectivity index (χ2n) is 7.06. The van der Waals surface area contributed by atoms with Gasteiger partial charge in [0, 0.05) is 11.6 Å². The highest BCUT2D eigenvalue weighted by Gasteiger charge is 2.23. The number of aliphatic imine (C=N–C) groups is 1. The van der Waals surface area contributed by atoms with Crippen molar-refractivity contribution < 1.29 is 0 Å². The van der Waals surface area contributed by atoms with Gasteiger partial charge in [0.1, 0.15) is 0 Å². The van der Waals surface area contributed by atoms with E-state index < -0.39 is 0 Å². The van der Waals surface area contributed by atoms with Crippen LogP contribution >= 0.6 is 0 Å². The molecule has 1 aliphatic rings. The normalized spacial score (nSPS) is 16.2. The van der Waals surface area contributed by atoms with Crippen molar-refractivity contribution in [1.29, 1.82) is 0 Å². The average molecular weight is 355 g/mol. The molecule has 0 saturated heterocycles. The summed E-state index contributed by atoms with van der Waals surface area (Å²) < 4.78 is 0. The summed E-state index contributed by atoms with van der Waals surface area (Å²) in [5, 5.41) is 3.18. The molecule has 0 bridgehead atoms. The van der Waals surface area contributed by atoms with Crippen LogP contribution in [-0.2, 0) is 12.8 Å². The minimum Gasteiger partial charge on any atom is -0.369 e. The molecule has 4 rings (SSSR count). The van der Waals surface area contributed by atoms with E-state index in [9.17, 15) is 0 Å². The predicted molar refractivity (Wildman–Crippen MR) is 114 cm³/mol. The molecule has 1 unspecified atom stereocenters. The molecule has 3 N–H and O–H groups in total. The fraction of sp³-hybridized carbons (Fsp3) is 0.208. The van der Waals surface area contributed by atoms with E-state index >= 15 is 0 Å². The molecule has 1 aliphatic carbocycles.